The predicted molar refractivity (Wildman–Crippen MR) is 91.1 cm³/mol. The number of nitrogen functional groups attached to an aromatic ring is 1. The van der Waals surface area contributed by atoms with Gasteiger partial charge in [-0.3, -0.25) is 4.79 Å². The van der Waals surface area contributed by atoms with Gasteiger partial charge >= 0.3 is 0 Å². The fraction of sp³-hybridized carbons (Fsp3) is 0.188. The zero-order valence-corrected chi connectivity index (χ0v) is 13.5. The van der Waals surface area contributed by atoms with Gasteiger partial charge in [0.05, 0.1) is 5.75 Å². The molecule has 21 heavy (non-hydrogen) atoms. The maximum Gasteiger partial charge on any atom is 0.234 e. The average molecular weight is 321 g/mol. The number of amides is 1. The molecule has 5 heteroatoms. The molecule has 0 saturated heterocycles. The topological polar surface area (TPSA) is 55.1 Å². The van der Waals surface area contributed by atoms with Crippen LogP contribution in [0.25, 0.3) is 0 Å². The van der Waals surface area contributed by atoms with Gasteiger partial charge in [0, 0.05) is 21.3 Å². The molecule has 3 nitrogen and oxygen atoms in total. The monoisotopic (exact) mass is 320 g/mol. The van der Waals surface area contributed by atoms with Crippen molar-refractivity contribution in [1.82, 2.24) is 0 Å². The van der Waals surface area contributed by atoms with Crippen LogP contribution in [0.15, 0.2) is 41.3 Å². The molecule has 0 saturated carbocycles. The third kappa shape index (κ3) is 4.41. The number of benzene rings is 2. The molecule has 1 amide bonds. The second-order valence-electron chi connectivity index (χ2n) is 4.82. The van der Waals surface area contributed by atoms with E-state index in [0.717, 1.165) is 21.7 Å². The number of halogens is 1. The third-order valence-electron chi connectivity index (χ3n) is 3.07. The van der Waals surface area contributed by atoms with E-state index in [1.165, 1.54) is 11.8 Å². The van der Waals surface area contributed by atoms with E-state index in [4.69, 9.17) is 17.3 Å². The molecule has 110 valence electrons. The molecule has 0 unspecified atom stereocenters. The minimum absolute atomic E-state index is 0.0607. The Kier molecular flexibility index (Phi) is 5.15. The molecule has 0 bridgehead atoms. The van der Waals surface area contributed by atoms with Crippen molar-refractivity contribution < 1.29 is 4.79 Å². The molecule has 0 atom stereocenters. The summed E-state index contributed by atoms with van der Waals surface area (Å²) >= 11 is 7.51. The first-order chi connectivity index (χ1) is 9.95. The normalized spacial score (nSPS) is 10.4. The van der Waals surface area contributed by atoms with Crippen molar-refractivity contribution in [3.63, 3.8) is 0 Å². The van der Waals surface area contributed by atoms with E-state index in [2.05, 4.69) is 5.32 Å². The number of rotatable bonds is 4. The Labute approximate surface area is 133 Å². The van der Waals surface area contributed by atoms with Crippen molar-refractivity contribution in [2.45, 2.75) is 18.7 Å². The lowest BCUT2D eigenvalue weighted by molar-refractivity contribution is -0.113. The standard InChI is InChI=1S/C16H17ClN2OS/c1-10-3-4-12(8-14(10)17)19-16(20)9-21-13-5-6-15(18)11(2)7-13/h3-8H,9,18H2,1-2H3,(H,19,20). The second-order valence-corrected chi connectivity index (χ2v) is 6.28. The van der Waals surface area contributed by atoms with Crippen molar-refractivity contribution >= 4 is 40.6 Å². The van der Waals surface area contributed by atoms with Crippen LogP contribution in [0.3, 0.4) is 0 Å². The maximum atomic E-state index is 11.9. The van der Waals surface area contributed by atoms with Crippen molar-refractivity contribution in [3.05, 3.63) is 52.5 Å². The van der Waals surface area contributed by atoms with E-state index in [1.807, 2.05) is 44.2 Å². The zero-order chi connectivity index (χ0) is 15.4. The van der Waals surface area contributed by atoms with Gasteiger partial charge in [-0.1, -0.05) is 17.7 Å². The first kappa shape index (κ1) is 15.7. The summed E-state index contributed by atoms with van der Waals surface area (Å²) in [5, 5.41) is 3.49. The summed E-state index contributed by atoms with van der Waals surface area (Å²) in [5.41, 5.74) is 9.25. The Morgan fingerprint density at radius 3 is 2.62 bits per heavy atom. The number of hydrogen-bond acceptors (Lipinski definition) is 3. The van der Waals surface area contributed by atoms with E-state index in [-0.39, 0.29) is 5.91 Å². The Hall–Kier alpha value is -1.65. The number of nitrogens with two attached hydrogens (primary N) is 1. The lowest BCUT2D eigenvalue weighted by Crippen LogP contribution is -2.14. The van der Waals surface area contributed by atoms with Crippen LogP contribution in [-0.4, -0.2) is 11.7 Å². The molecule has 2 aromatic carbocycles. The summed E-state index contributed by atoms with van der Waals surface area (Å²) < 4.78 is 0. The van der Waals surface area contributed by atoms with Crippen LogP contribution in [-0.2, 0) is 4.79 Å². The molecule has 0 fully saturated rings. The van der Waals surface area contributed by atoms with E-state index < -0.39 is 0 Å². The molecule has 0 heterocycles. The van der Waals surface area contributed by atoms with Crippen molar-refractivity contribution in [2.75, 3.05) is 16.8 Å². The van der Waals surface area contributed by atoms with Crippen LogP contribution in [0.5, 0.6) is 0 Å². The van der Waals surface area contributed by atoms with Gasteiger partial charge in [-0.2, -0.15) is 0 Å². The Morgan fingerprint density at radius 2 is 1.95 bits per heavy atom. The number of hydrogen-bond donors (Lipinski definition) is 2. The van der Waals surface area contributed by atoms with Gasteiger partial charge in [0.15, 0.2) is 0 Å². The van der Waals surface area contributed by atoms with Crippen LogP contribution in [0.2, 0.25) is 5.02 Å². The molecule has 0 aliphatic heterocycles. The fourth-order valence-electron chi connectivity index (χ4n) is 1.75. The molecule has 3 N–H and O–H groups in total. The first-order valence-corrected chi connectivity index (χ1v) is 7.87. The van der Waals surface area contributed by atoms with Crippen molar-refractivity contribution in [1.29, 1.82) is 0 Å². The molecular formula is C16H17ClN2OS. The van der Waals surface area contributed by atoms with Gasteiger partial charge in [-0.05, 0) is 55.3 Å². The van der Waals surface area contributed by atoms with E-state index in [1.54, 1.807) is 6.07 Å². The van der Waals surface area contributed by atoms with Crippen LogP contribution in [0.4, 0.5) is 11.4 Å². The molecule has 0 radical (unpaired) electrons. The highest BCUT2D eigenvalue weighted by Crippen LogP contribution is 2.23. The van der Waals surface area contributed by atoms with Gasteiger partial charge < -0.3 is 11.1 Å². The van der Waals surface area contributed by atoms with E-state index in [0.29, 0.717) is 16.5 Å². The van der Waals surface area contributed by atoms with Gasteiger partial charge in [-0.25, -0.2) is 0 Å². The largest absolute Gasteiger partial charge is 0.399 e. The molecule has 0 aromatic heterocycles. The Morgan fingerprint density at radius 1 is 1.19 bits per heavy atom. The number of carbonyl (C=O) groups excluding carboxylic acids is 1. The number of thioether (sulfide) groups is 1. The molecule has 0 spiro atoms. The smallest absolute Gasteiger partial charge is 0.234 e. The van der Waals surface area contributed by atoms with Crippen LogP contribution >= 0.6 is 23.4 Å². The summed E-state index contributed by atoms with van der Waals surface area (Å²) in [6, 6.07) is 11.2. The van der Waals surface area contributed by atoms with E-state index >= 15 is 0 Å². The van der Waals surface area contributed by atoms with Crippen LogP contribution < -0.4 is 11.1 Å². The first-order valence-electron chi connectivity index (χ1n) is 6.50. The lowest BCUT2D eigenvalue weighted by Gasteiger charge is -2.08. The predicted octanol–water partition coefficient (Wildman–Crippen LogP) is 4.27. The van der Waals surface area contributed by atoms with Gasteiger partial charge in [0.1, 0.15) is 0 Å². The van der Waals surface area contributed by atoms with Crippen LogP contribution in [0.1, 0.15) is 11.1 Å². The summed E-state index contributed by atoms with van der Waals surface area (Å²) in [7, 11) is 0. The second kappa shape index (κ2) is 6.87. The molecule has 0 aliphatic carbocycles. The Bertz CT molecular complexity index is 673. The highest BCUT2D eigenvalue weighted by atomic mass is 35.5. The zero-order valence-electron chi connectivity index (χ0n) is 11.9. The highest BCUT2D eigenvalue weighted by molar-refractivity contribution is 8.00. The molecule has 2 rings (SSSR count). The third-order valence-corrected chi connectivity index (χ3v) is 4.47. The van der Waals surface area contributed by atoms with E-state index in [9.17, 15) is 4.79 Å². The summed E-state index contributed by atoms with van der Waals surface area (Å²) in [5.74, 6) is 0.281. The minimum Gasteiger partial charge on any atom is -0.399 e. The summed E-state index contributed by atoms with van der Waals surface area (Å²) in [6.07, 6.45) is 0. The van der Waals surface area contributed by atoms with Gasteiger partial charge in [0.25, 0.3) is 0 Å². The summed E-state index contributed by atoms with van der Waals surface area (Å²) in [4.78, 5) is 13.0. The maximum absolute atomic E-state index is 11.9. The minimum atomic E-state index is -0.0607. The fourth-order valence-corrected chi connectivity index (χ4v) is 2.73. The number of carbonyl (C=O) groups is 1. The average Bonchev–Trinajstić information content (AvgIpc) is 2.44. The summed E-state index contributed by atoms with van der Waals surface area (Å²) in [6.45, 7) is 3.88. The molecule has 0 aliphatic rings. The number of nitrogens with one attached hydrogen (secondary N) is 1. The van der Waals surface area contributed by atoms with Crippen LogP contribution in [0, 0.1) is 13.8 Å². The molecule has 2 aromatic rings. The Balaban J connectivity index is 1.92. The lowest BCUT2D eigenvalue weighted by atomic mass is 10.2. The van der Waals surface area contributed by atoms with Crippen molar-refractivity contribution in [2.24, 2.45) is 0 Å². The van der Waals surface area contributed by atoms with Gasteiger partial charge in [-0.15, -0.1) is 11.8 Å². The highest BCUT2D eigenvalue weighted by Gasteiger charge is 2.06. The SMILES string of the molecule is Cc1cc(SCC(=O)Nc2ccc(C)c(Cl)c2)ccc1N. The quantitative estimate of drug-likeness (QED) is 0.653. The number of anilines is 2. The number of aryl methyl sites for hydroxylation is 2. The van der Waals surface area contributed by atoms with Gasteiger partial charge in [0.2, 0.25) is 5.91 Å². The molecular weight excluding hydrogens is 304 g/mol. The van der Waals surface area contributed by atoms with Crippen molar-refractivity contribution in [3.8, 4) is 0 Å².